The van der Waals surface area contributed by atoms with Crippen LogP contribution in [0.25, 0.3) is 0 Å². The molecule has 1 saturated heterocycles. The van der Waals surface area contributed by atoms with Gasteiger partial charge in [0.2, 0.25) is 5.91 Å². The van der Waals surface area contributed by atoms with E-state index in [0.29, 0.717) is 13.2 Å². The molecular formula is C16H24N2O2. The normalized spacial score (nSPS) is 23.6. The fraction of sp³-hybridized carbons (Fsp3) is 0.562. The molecule has 4 nitrogen and oxygen atoms in total. The number of aryl methyl sites for hydroxylation is 1. The maximum Gasteiger partial charge on any atom is 0.227 e. The predicted molar refractivity (Wildman–Crippen MR) is 79.5 cm³/mol. The van der Waals surface area contributed by atoms with Crippen molar-refractivity contribution in [2.24, 2.45) is 5.92 Å². The third kappa shape index (κ3) is 3.58. The molecule has 1 aliphatic heterocycles. The Kier molecular flexibility index (Phi) is 5.15. The van der Waals surface area contributed by atoms with Crippen molar-refractivity contribution in [2.75, 3.05) is 19.8 Å². The van der Waals surface area contributed by atoms with Gasteiger partial charge < -0.3 is 15.4 Å². The van der Waals surface area contributed by atoms with Crippen molar-refractivity contribution in [3.8, 4) is 0 Å². The highest BCUT2D eigenvalue weighted by molar-refractivity contribution is 5.80. The Labute approximate surface area is 120 Å². The Morgan fingerprint density at radius 2 is 2.05 bits per heavy atom. The summed E-state index contributed by atoms with van der Waals surface area (Å²) in [5.74, 6) is -0.0237. The van der Waals surface area contributed by atoms with Gasteiger partial charge in [0, 0.05) is 6.04 Å². The third-order valence-corrected chi connectivity index (χ3v) is 3.82. The van der Waals surface area contributed by atoms with Gasteiger partial charge in [-0.15, -0.1) is 0 Å². The second-order valence-corrected chi connectivity index (χ2v) is 5.45. The van der Waals surface area contributed by atoms with Crippen LogP contribution in [0.4, 0.5) is 0 Å². The second kappa shape index (κ2) is 6.86. The number of hydrogen-bond acceptors (Lipinski definition) is 3. The van der Waals surface area contributed by atoms with Crippen LogP contribution in [0.15, 0.2) is 24.3 Å². The highest BCUT2D eigenvalue weighted by atomic mass is 16.5. The number of benzene rings is 1. The van der Waals surface area contributed by atoms with E-state index in [-0.39, 0.29) is 23.9 Å². The first kappa shape index (κ1) is 15.0. The van der Waals surface area contributed by atoms with Gasteiger partial charge in [-0.05, 0) is 26.0 Å². The van der Waals surface area contributed by atoms with Gasteiger partial charge in [0.1, 0.15) is 0 Å². The van der Waals surface area contributed by atoms with E-state index in [2.05, 4.69) is 41.8 Å². The van der Waals surface area contributed by atoms with Crippen LogP contribution in [0, 0.1) is 12.8 Å². The Bertz CT molecular complexity index is 444. The van der Waals surface area contributed by atoms with Gasteiger partial charge in [-0.1, -0.05) is 36.8 Å². The summed E-state index contributed by atoms with van der Waals surface area (Å²) in [4.78, 5) is 12.4. The van der Waals surface area contributed by atoms with Gasteiger partial charge in [-0.3, -0.25) is 4.79 Å². The van der Waals surface area contributed by atoms with Gasteiger partial charge in [0.05, 0.1) is 25.2 Å². The molecule has 2 N–H and O–H groups in total. The lowest BCUT2D eigenvalue weighted by atomic mass is 10.0. The number of hydrogen-bond donors (Lipinski definition) is 2. The molecule has 1 amide bonds. The van der Waals surface area contributed by atoms with Crippen molar-refractivity contribution in [2.45, 2.75) is 32.9 Å². The Morgan fingerprint density at radius 3 is 2.70 bits per heavy atom. The monoisotopic (exact) mass is 276 g/mol. The van der Waals surface area contributed by atoms with E-state index in [9.17, 15) is 4.79 Å². The van der Waals surface area contributed by atoms with Gasteiger partial charge >= 0.3 is 0 Å². The molecule has 1 aliphatic rings. The van der Waals surface area contributed by atoms with E-state index in [0.717, 1.165) is 12.1 Å². The van der Waals surface area contributed by atoms with E-state index in [1.54, 1.807) is 0 Å². The number of ether oxygens (including phenoxy) is 1. The van der Waals surface area contributed by atoms with Crippen LogP contribution in [0.3, 0.4) is 0 Å². The van der Waals surface area contributed by atoms with Crippen LogP contribution < -0.4 is 10.6 Å². The highest BCUT2D eigenvalue weighted by Gasteiger charge is 2.33. The standard InChI is InChI=1S/C16H24N2O2/c1-4-17-15-10-20-9-14(15)16(19)18-12(3)13-7-5-11(2)6-8-13/h5-8,12,14-15,17H,4,9-10H2,1-3H3,(H,18,19)/t12-,14?,15?/m0/s1. The molecule has 1 heterocycles. The van der Waals surface area contributed by atoms with Crippen molar-refractivity contribution in [3.63, 3.8) is 0 Å². The SMILES string of the molecule is CCNC1COCC1C(=O)N[C@@H](C)c1ccc(C)cc1. The lowest BCUT2D eigenvalue weighted by molar-refractivity contribution is -0.126. The maximum atomic E-state index is 12.4. The van der Waals surface area contributed by atoms with Crippen LogP contribution in [-0.4, -0.2) is 31.7 Å². The molecule has 1 aromatic carbocycles. The van der Waals surface area contributed by atoms with Crippen LogP contribution in [0.5, 0.6) is 0 Å². The summed E-state index contributed by atoms with van der Waals surface area (Å²) in [6, 6.07) is 8.41. The molecule has 110 valence electrons. The molecule has 0 spiro atoms. The van der Waals surface area contributed by atoms with Gasteiger partial charge in [-0.2, -0.15) is 0 Å². The summed E-state index contributed by atoms with van der Waals surface area (Å²) in [7, 11) is 0. The zero-order valence-corrected chi connectivity index (χ0v) is 12.5. The fourth-order valence-electron chi connectivity index (χ4n) is 2.53. The van der Waals surface area contributed by atoms with Crippen molar-refractivity contribution < 1.29 is 9.53 Å². The number of carbonyl (C=O) groups is 1. The van der Waals surface area contributed by atoms with Crippen molar-refractivity contribution in [1.29, 1.82) is 0 Å². The molecule has 2 unspecified atom stereocenters. The smallest absolute Gasteiger partial charge is 0.227 e. The van der Waals surface area contributed by atoms with E-state index in [1.807, 2.05) is 13.8 Å². The first-order valence-corrected chi connectivity index (χ1v) is 7.30. The predicted octanol–water partition coefficient (Wildman–Crippen LogP) is 1.80. The summed E-state index contributed by atoms with van der Waals surface area (Å²) in [6.07, 6.45) is 0. The molecule has 2 rings (SSSR count). The van der Waals surface area contributed by atoms with Crippen LogP contribution >= 0.6 is 0 Å². The summed E-state index contributed by atoms with van der Waals surface area (Å²) in [5, 5.41) is 6.40. The maximum absolute atomic E-state index is 12.4. The quantitative estimate of drug-likeness (QED) is 0.862. The number of amides is 1. The number of likely N-dealkylation sites (N-methyl/N-ethyl adjacent to an activating group) is 1. The minimum Gasteiger partial charge on any atom is -0.379 e. The summed E-state index contributed by atoms with van der Waals surface area (Å²) >= 11 is 0. The van der Waals surface area contributed by atoms with Gasteiger partial charge in [-0.25, -0.2) is 0 Å². The van der Waals surface area contributed by atoms with Crippen LogP contribution in [0.2, 0.25) is 0 Å². The van der Waals surface area contributed by atoms with Crippen LogP contribution in [-0.2, 0) is 9.53 Å². The number of rotatable bonds is 5. The van der Waals surface area contributed by atoms with Crippen molar-refractivity contribution >= 4 is 5.91 Å². The lowest BCUT2D eigenvalue weighted by Crippen LogP contribution is -2.44. The molecule has 0 saturated carbocycles. The Balaban J connectivity index is 1.95. The summed E-state index contributed by atoms with van der Waals surface area (Å²) < 4.78 is 5.42. The molecule has 0 aromatic heterocycles. The first-order chi connectivity index (χ1) is 9.61. The second-order valence-electron chi connectivity index (χ2n) is 5.45. The van der Waals surface area contributed by atoms with Crippen molar-refractivity contribution in [1.82, 2.24) is 10.6 Å². The van der Waals surface area contributed by atoms with Gasteiger partial charge in [0.15, 0.2) is 0 Å². The minimum atomic E-state index is -0.0946. The summed E-state index contributed by atoms with van der Waals surface area (Å²) in [5.41, 5.74) is 2.35. The molecule has 1 aromatic rings. The van der Waals surface area contributed by atoms with E-state index in [1.165, 1.54) is 5.56 Å². The topological polar surface area (TPSA) is 50.4 Å². The van der Waals surface area contributed by atoms with Gasteiger partial charge in [0.25, 0.3) is 0 Å². The van der Waals surface area contributed by atoms with Crippen molar-refractivity contribution in [3.05, 3.63) is 35.4 Å². The molecular weight excluding hydrogens is 252 g/mol. The lowest BCUT2D eigenvalue weighted by Gasteiger charge is -2.21. The summed E-state index contributed by atoms with van der Waals surface area (Å²) in [6.45, 7) is 8.09. The first-order valence-electron chi connectivity index (χ1n) is 7.30. The fourth-order valence-corrected chi connectivity index (χ4v) is 2.53. The average Bonchev–Trinajstić information content (AvgIpc) is 2.88. The molecule has 20 heavy (non-hydrogen) atoms. The van der Waals surface area contributed by atoms with E-state index < -0.39 is 0 Å². The minimum absolute atomic E-state index is 0.0194. The Hall–Kier alpha value is -1.39. The highest BCUT2D eigenvalue weighted by Crippen LogP contribution is 2.18. The molecule has 1 fully saturated rings. The molecule has 3 atom stereocenters. The third-order valence-electron chi connectivity index (χ3n) is 3.82. The molecule has 0 radical (unpaired) electrons. The zero-order chi connectivity index (χ0) is 14.5. The molecule has 0 aliphatic carbocycles. The van der Waals surface area contributed by atoms with E-state index in [4.69, 9.17) is 4.74 Å². The number of nitrogens with one attached hydrogen (secondary N) is 2. The Morgan fingerprint density at radius 1 is 1.35 bits per heavy atom. The number of carbonyl (C=O) groups excluding carboxylic acids is 1. The average molecular weight is 276 g/mol. The zero-order valence-electron chi connectivity index (χ0n) is 12.5. The molecule has 4 heteroatoms. The van der Waals surface area contributed by atoms with Crippen LogP contribution in [0.1, 0.15) is 31.0 Å². The molecule has 0 bridgehead atoms. The largest absolute Gasteiger partial charge is 0.379 e. The van der Waals surface area contributed by atoms with E-state index >= 15 is 0 Å².